The van der Waals surface area contributed by atoms with Gasteiger partial charge in [0.05, 0.1) is 18.8 Å². The quantitative estimate of drug-likeness (QED) is 0.767. The average molecular weight is 256 g/mol. The van der Waals surface area contributed by atoms with Gasteiger partial charge >= 0.3 is 0 Å². The lowest BCUT2D eigenvalue weighted by Gasteiger charge is -2.30. The van der Waals surface area contributed by atoms with E-state index < -0.39 is 5.60 Å². The molecule has 1 saturated carbocycles. The molecule has 0 aromatic heterocycles. The van der Waals surface area contributed by atoms with Gasteiger partial charge in [0, 0.05) is 19.6 Å². The molecule has 18 heavy (non-hydrogen) atoms. The van der Waals surface area contributed by atoms with Crippen molar-refractivity contribution in [3.8, 4) is 0 Å². The predicted molar refractivity (Wildman–Crippen MR) is 72.8 cm³/mol. The second-order valence-corrected chi connectivity index (χ2v) is 5.98. The molecule has 0 bridgehead atoms. The number of nitrogens with zero attached hydrogens (tertiary/aromatic N) is 2. The number of aliphatic hydroxyl groups is 1. The van der Waals surface area contributed by atoms with Gasteiger partial charge < -0.3 is 14.7 Å². The summed E-state index contributed by atoms with van der Waals surface area (Å²) in [6, 6.07) is 0. The van der Waals surface area contributed by atoms with Crippen molar-refractivity contribution in [1.82, 2.24) is 9.80 Å². The monoisotopic (exact) mass is 256 g/mol. The van der Waals surface area contributed by atoms with Crippen LogP contribution < -0.4 is 0 Å². The van der Waals surface area contributed by atoms with Crippen molar-refractivity contribution in [3.63, 3.8) is 0 Å². The van der Waals surface area contributed by atoms with Gasteiger partial charge in [-0.15, -0.1) is 0 Å². The van der Waals surface area contributed by atoms with Crippen molar-refractivity contribution >= 4 is 0 Å². The fraction of sp³-hybridized carbons (Fsp3) is 1.00. The number of likely N-dealkylation sites (N-methyl/N-ethyl adjacent to an activating group) is 1. The first-order valence-electron chi connectivity index (χ1n) is 7.39. The van der Waals surface area contributed by atoms with Crippen molar-refractivity contribution in [2.45, 2.75) is 37.7 Å². The molecular formula is C14H28N2O2. The maximum Gasteiger partial charge on any atom is 0.0774 e. The minimum Gasteiger partial charge on any atom is -0.389 e. The van der Waals surface area contributed by atoms with E-state index in [0.717, 1.165) is 58.8 Å². The lowest BCUT2D eigenvalue weighted by molar-refractivity contribution is 0.0131. The van der Waals surface area contributed by atoms with E-state index in [1.165, 1.54) is 19.3 Å². The molecule has 1 heterocycles. The van der Waals surface area contributed by atoms with Crippen LogP contribution in [0.5, 0.6) is 0 Å². The number of hydrogen-bond donors (Lipinski definition) is 1. The summed E-state index contributed by atoms with van der Waals surface area (Å²) in [6.45, 7) is 7.01. The van der Waals surface area contributed by atoms with E-state index in [9.17, 15) is 5.11 Å². The smallest absolute Gasteiger partial charge is 0.0774 e. The lowest BCUT2D eigenvalue weighted by Crippen LogP contribution is -2.41. The van der Waals surface area contributed by atoms with Gasteiger partial charge in [-0.05, 0) is 39.4 Å². The first kappa shape index (κ1) is 14.3. The third-order valence-electron chi connectivity index (χ3n) is 4.22. The molecule has 2 fully saturated rings. The molecule has 106 valence electrons. The van der Waals surface area contributed by atoms with E-state index in [4.69, 9.17) is 4.74 Å². The Morgan fingerprint density at radius 3 is 2.56 bits per heavy atom. The number of ether oxygens (including phenoxy) is 1. The predicted octanol–water partition coefficient (Wildman–Crippen LogP) is 0.946. The van der Waals surface area contributed by atoms with E-state index in [2.05, 4.69) is 16.8 Å². The normalized spacial score (nSPS) is 24.8. The van der Waals surface area contributed by atoms with Gasteiger partial charge in [-0.1, -0.05) is 12.8 Å². The molecule has 1 N–H and O–H groups in total. The average Bonchev–Trinajstić information content (AvgIpc) is 2.77. The van der Waals surface area contributed by atoms with Crippen LogP contribution >= 0.6 is 0 Å². The summed E-state index contributed by atoms with van der Waals surface area (Å²) in [4.78, 5) is 4.77. The Labute approximate surface area is 111 Å². The van der Waals surface area contributed by atoms with Gasteiger partial charge in [0.15, 0.2) is 0 Å². The molecule has 0 unspecified atom stereocenters. The zero-order valence-electron chi connectivity index (χ0n) is 11.7. The Balaban J connectivity index is 1.57. The topological polar surface area (TPSA) is 35.9 Å². The second-order valence-electron chi connectivity index (χ2n) is 5.98. The summed E-state index contributed by atoms with van der Waals surface area (Å²) in [6.07, 6.45) is 5.55. The molecule has 0 amide bonds. The van der Waals surface area contributed by atoms with Gasteiger partial charge in [-0.2, -0.15) is 0 Å². The summed E-state index contributed by atoms with van der Waals surface area (Å²) in [7, 11) is 2.13. The molecule has 0 spiro atoms. The minimum atomic E-state index is -0.395. The summed E-state index contributed by atoms with van der Waals surface area (Å²) in [5.41, 5.74) is -0.395. The van der Waals surface area contributed by atoms with E-state index in [1.807, 2.05) is 0 Å². The van der Waals surface area contributed by atoms with Crippen LogP contribution in [-0.2, 0) is 4.74 Å². The van der Waals surface area contributed by atoms with Crippen LogP contribution in [0.2, 0.25) is 0 Å². The summed E-state index contributed by atoms with van der Waals surface area (Å²) >= 11 is 0. The second kappa shape index (κ2) is 6.85. The van der Waals surface area contributed by atoms with Crippen molar-refractivity contribution in [3.05, 3.63) is 0 Å². The van der Waals surface area contributed by atoms with Gasteiger partial charge in [0.25, 0.3) is 0 Å². The molecule has 2 aliphatic rings. The Bertz CT molecular complexity index is 236. The van der Waals surface area contributed by atoms with Crippen LogP contribution in [0.15, 0.2) is 0 Å². The van der Waals surface area contributed by atoms with Gasteiger partial charge in [0.2, 0.25) is 0 Å². The molecule has 0 aromatic rings. The molecular weight excluding hydrogens is 228 g/mol. The van der Waals surface area contributed by atoms with E-state index in [0.29, 0.717) is 0 Å². The van der Waals surface area contributed by atoms with Crippen LogP contribution in [0.25, 0.3) is 0 Å². The minimum absolute atomic E-state index is 0.395. The van der Waals surface area contributed by atoms with Crippen LogP contribution in [0.1, 0.15) is 32.1 Å². The highest BCUT2D eigenvalue weighted by molar-refractivity contribution is 4.86. The molecule has 1 aliphatic carbocycles. The fourth-order valence-corrected chi connectivity index (χ4v) is 3.16. The zero-order chi connectivity index (χ0) is 12.8. The molecule has 4 heteroatoms. The maximum atomic E-state index is 10.3. The maximum absolute atomic E-state index is 10.3. The summed E-state index contributed by atoms with van der Waals surface area (Å²) in [5.74, 6) is 0. The standard InChI is InChI=1S/C14H28N2O2/c1-15(13-14(17)5-2-3-6-14)7-4-8-16-9-11-18-12-10-16/h17H,2-13H2,1H3. The number of hydrogen-bond acceptors (Lipinski definition) is 4. The van der Waals surface area contributed by atoms with Crippen molar-refractivity contribution < 1.29 is 9.84 Å². The number of morpholine rings is 1. The first-order chi connectivity index (χ1) is 8.68. The molecule has 1 aliphatic heterocycles. The lowest BCUT2D eigenvalue weighted by atomic mass is 10.0. The molecule has 2 rings (SSSR count). The van der Waals surface area contributed by atoms with Gasteiger partial charge in [-0.25, -0.2) is 0 Å². The summed E-state index contributed by atoms with van der Waals surface area (Å²) in [5, 5.41) is 10.3. The SMILES string of the molecule is CN(CCCN1CCOCC1)CC1(O)CCCC1. The van der Waals surface area contributed by atoms with Crippen LogP contribution in [0.4, 0.5) is 0 Å². The highest BCUT2D eigenvalue weighted by Gasteiger charge is 2.31. The fourth-order valence-electron chi connectivity index (χ4n) is 3.16. The largest absolute Gasteiger partial charge is 0.389 e. The van der Waals surface area contributed by atoms with Crippen molar-refractivity contribution in [1.29, 1.82) is 0 Å². The van der Waals surface area contributed by atoms with Crippen molar-refractivity contribution in [2.24, 2.45) is 0 Å². The molecule has 4 nitrogen and oxygen atoms in total. The Morgan fingerprint density at radius 2 is 1.89 bits per heavy atom. The Hall–Kier alpha value is -0.160. The van der Waals surface area contributed by atoms with Gasteiger partial charge in [0.1, 0.15) is 0 Å². The van der Waals surface area contributed by atoms with Crippen LogP contribution in [0.3, 0.4) is 0 Å². The van der Waals surface area contributed by atoms with Crippen molar-refractivity contribution in [2.75, 3.05) is 53.0 Å². The molecule has 0 aromatic carbocycles. The Morgan fingerprint density at radius 1 is 1.22 bits per heavy atom. The highest BCUT2D eigenvalue weighted by Crippen LogP contribution is 2.29. The molecule has 0 radical (unpaired) electrons. The van der Waals surface area contributed by atoms with E-state index in [1.54, 1.807) is 0 Å². The third-order valence-corrected chi connectivity index (χ3v) is 4.22. The highest BCUT2D eigenvalue weighted by atomic mass is 16.5. The zero-order valence-corrected chi connectivity index (χ0v) is 11.7. The third kappa shape index (κ3) is 4.50. The Kier molecular flexibility index (Phi) is 5.42. The molecule has 1 saturated heterocycles. The van der Waals surface area contributed by atoms with Crippen LogP contribution in [-0.4, -0.2) is 73.5 Å². The number of rotatable bonds is 6. The van der Waals surface area contributed by atoms with E-state index >= 15 is 0 Å². The summed E-state index contributed by atoms with van der Waals surface area (Å²) < 4.78 is 5.34. The molecule has 0 atom stereocenters. The van der Waals surface area contributed by atoms with Gasteiger partial charge in [-0.3, -0.25) is 4.90 Å². The van der Waals surface area contributed by atoms with E-state index in [-0.39, 0.29) is 0 Å². The van der Waals surface area contributed by atoms with Crippen LogP contribution in [0, 0.1) is 0 Å². The first-order valence-corrected chi connectivity index (χ1v) is 7.39.